The number of hydrogen-bond acceptors (Lipinski definition) is 8. The normalized spacial score (nSPS) is 15.6. The van der Waals surface area contributed by atoms with Crippen molar-refractivity contribution in [3.63, 3.8) is 0 Å². The van der Waals surface area contributed by atoms with Gasteiger partial charge in [0.1, 0.15) is 17.3 Å². The number of fused-ring (bicyclic) bond motifs is 1. The van der Waals surface area contributed by atoms with Crippen LogP contribution in [-0.2, 0) is 24.9 Å². The van der Waals surface area contributed by atoms with Crippen LogP contribution in [0.2, 0.25) is 0 Å². The summed E-state index contributed by atoms with van der Waals surface area (Å²) in [5.41, 5.74) is -1.26. The fourth-order valence-electron chi connectivity index (χ4n) is 3.62. The minimum atomic E-state index is -4.89. The third kappa shape index (κ3) is 5.11. The van der Waals surface area contributed by atoms with E-state index in [1.165, 1.54) is 23.7 Å². The number of aromatic nitrogens is 4. The first kappa shape index (κ1) is 24.2. The molecule has 11 nitrogen and oxygen atoms in total. The van der Waals surface area contributed by atoms with Crippen molar-refractivity contribution in [3.05, 3.63) is 57.1 Å². The first-order valence-electron chi connectivity index (χ1n) is 10.5. The molecule has 0 fully saturated rings. The number of aryl methyl sites for hydroxylation is 1. The lowest BCUT2D eigenvalue weighted by molar-refractivity contribution is -0.274. The summed E-state index contributed by atoms with van der Waals surface area (Å²) in [6.07, 6.45) is -3.67. The molecule has 0 saturated heterocycles. The SMILES string of the molecule is CC1=CNC(Cn2c(Oc3cccc(OC(F)(F)F)c3)nc3c2c(=O)n(CCCO)c(=O)n3C)O1. The van der Waals surface area contributed by atoms with Gasteiger partial charge in [0, 0.05) is 32.5 Å². The molecule has 2 aromatic heterocycles. The van der Waals surface area contributed by atoms with Crippen molar-refractivity contribution >= 4 is 11.2 Å². The summed E-state index contributed by atoms with van der Waals surface area (Å²) in [5, 5.41) is 12.1. The molecule has 0 spiro atoms. The number of imidazole rings is 1. The molecule has 0 saturated carbocycles. The Hall–Kier alpha value is -3.94. The number of hydrogen-bond donors (Lipinski definition) is 2. The number of nitrogens with one attached hydrogen (secondary N) is 1. The summed E-state index contributed by atoms with van der Waals surface area (Å²) < 4.78 is 56.7. The average Bonchev–Trinajstić information content (AvgIpc) is 3.35. The highest BCUT2D eigenvalue weighted by molar-refractivity contribution is 5.72. The molecule has 1 aromatic carbocycles. The van der Waals surface area contributed by atoms with E-state index in [4.69, 9.17) is 14.6 Å². The molecular weight excluding hydrogens is 475 g/mol. The van der Waals surface area contributed by atoms with Gasteiger partial charge in [0.2, 0.25) is 0 Å². The van der Waals surface area contributed by atoms with Crippen molar-refractivity contribution in [2.75, 3.05) is 6.61 Å². The molecule has 2 N–H and O–H groups in total. The molecule has 1 aliphatic rings. The Morgan fingerprint density at radius 2 is 1.97 bits per heavy atom. The molecule has 35 heavy (non-hydrogen) atoms. The Bertz CT molecular complexity index is 1390. The molecule has 188 valence electrons. The molecule has 1 unspecified atom stereocenters. The molecule has 1 aliphatic heterocycles. The Labute approximate surface area is 195 Å². The number of ether oxygens (including phenoxy) is 3. The Morgan fingerprint density at radius 3 is 2.63 bits per heavy atom. The van der Waals surface area contributed by atoms with E-state index in [0.717, 1.165) is 21.3 Å². The van der Waals surface area contributed by atoms with Crippen LogP contribution in [0.3, 0.4) is 0 Å². The van der Waals surface area contributed by atoms with Crippen LogP contribution in [-0.4, -0.2) is 43.0 Å². The zero-order chi connectivity index (χ0) is 25.3. The summed E-state index contributed by atoms with van der Waals surface area (Å²) in [5.74, 6) is 0.0622. The smallest absolute Gasteiger partial charge is 0.472 e. The van der Waals surface area contributed by atoms with Gasteiger partial charge in [-0.05, 0) is 25.5 Å². The molecule has 0 radical (unpaired) electrons. The maximum absolute atomic E-state index is 13.3. The van der Waals surface area contributed by atoms with Gasteiger partial charge >= 0.3 is 18.1 Å². The molecule has 3 aromatic rings. The van der Waals surface area contributed by atoms with Crippen molar-refractivity contribution < 1.29 is 32.5 Å². The van der Waals surface area contributed by atoms with Crippen molar-refractivity contribution in [2.24, 2.45) is 7.05 Å². The van der Waals surface area contributed by atoms with Crippen LogP contribution in [0.5, 0.6) is 17.5 Å². The largest absolute Gasteiger partial charge is 0.573 e. The summed E-state index contributed by atoms with van der Waals surface area (Å²) in [4.78, 5) is 30.3. The van der Waals surface area contributed by atoms with E-state index in [9.17, 15) is 22.8 Å². The Kier molecular flexibility index (Phi) is 6.47. The van der Waals surface area contributed by atoms with E-state index in [1.807, 2.05) is 0 Å². The second-order valence-electron chi connectivity index (χ2n) is 7.71. The zero-order valence-electron chi connectivity index (χ0n) is 18.7. The highest BCUT2D eigenvalue weighted by Gasteiger charge is 2.31. The van der Waals surface area contributed by atoms with E-state index < -0.39 is 29.6 Å². The predicted octanol–water partition coefficient (Wildman–Crippen LogP) is 1.78. The summed E-state index contributed by atoms with van der Waals surface area (Å²) in [6, 6.07) is 4.67. The number of halogens is 3. The molecule has 0 aliphatic carbocycles. The summed E-state index contributed by atoms with van der Waals surface area (Å²) in [6.45, 7) is 1.51. The number of allylic oxidation sites excluding steroid dienone is 1. The molecule has 1 atom stereocenters. The van der Waals surface area contributed by atoms with Gasteiger partial charge in [-0.15, -0.1) is 13.2 Å². The van der Waals surface area contributed by atoms with Crippen LogP contribution >= 0.6 is 0 Å². The molecular formula is C21H22F3N5O6. The van der Waals surface area contributed by atoms with Gasteiger partial charge in [0.25, 0.3) is 5.56 Å². The first-order valence-corrected chi connectivity index (χ1v) is 10.5. The number of nitrogens with zero attached hydrogens (tertiary/aromatic N) is 4. The monoisotopic (exact) mass is 497 g/mol. The van der Waals surface area contributed by atoms with Crippen molar-refractivity contribution in [3.8, 4) is 17.5 Å². The standard InChI is InChI=1S/C21H22F3N5O6/c1-12-10-25-15(33-12)11-29-16-17(27(2)20(32)28(18(16)31)7-4-8-30)26-19(29)34-13-5-3-6-14(9-13)35-21(22,23)24/h3,5-6,9-10,15,25,30H,4,7-8,11H2,1-2H3. The maximum Gasteiger partial charge on any atom is 0.573 e. The quantitative estimate of drug-likeness (QED) is 0.483. The van der Waals surface area contributed by atoms with Crippen molar-refractivity contribution in [1.82, 2.24) is 24.0 Å². The predicted molar refractivity (Wildman–Crippen MR) is 116 cm³/mol. The second-order valence-corrected chi connectivity index (χ2v) is 7.71. The van der Waals surface area contributed by atoms with Crippen LogP contribution in [0.25, 0.3) is 11.2 Å². The first-order chi connectivity index (χ1) is 16.6. The second kappa shape index (κ2) is 9.37. The molecule has 0 bridgehead atoms. The van der Waals surface area contributed by atoms with Crippen molar-refractivity contribution in [1.29, 1.82) is 0 Å². The minimum Gasteiger partial charge on any atom is -0.472 e. The van der Waals surface area contributed by atoms with Gasteiger partial charge in [0.15, 0.2) is 17.4 Å². The Morgan fingerprint density at radius 1 is 1.23 bits per heavy atom. The van der Waals surface area contributed by atoms with Crippen LogP contribution in [0.15, 0.2) is 45.8 Å². The third-order valence-corrected chi connectivity index (χ3v) is 5.13. The van der Waals surface area contributed by atoms with Gasteiger partial charge in [-0.3, -0.25) is 18.5 Å². The molecule has 14 heteroatoms. The Balaban J connectivity index is 1.82. The topological polar surface area (TPSA) is 122 Å². The van der Waals surface area contributed by atoms with E-state index >= 15 is 0 Å². The number of aliphatic hydroxyl groups excluding tert-OH is 1. The van der Waals surface area contributed by atoms with Crippen LogP contribution in [0.4, 0.5) is 13.2 Å². The average molecular weight is 497 g/mol. The van der Waals surface area contributed by atoms with Gasteiger partial charge in [-0.2, -0.15) is 4.98 Å². The van der Waals surface area contributed by atoms with Gasteiger partial charge in [-0.1, -0.05) is 6.07 Å². The highest BCUT2D eigenvalue weighted by atomic mass is 19.4. The summed E-state index contributed by atoms with van der Waals surface area (Å²) >= 11 is 0. The van der Waals surface area contributed by atoms with E-state index in [1.54, 1.807) is 13.1 Å². The van der Waals surface area contributed by atoms with E-state index in [2.05, 4.69) is 15.0 Å². The number of benzene rings is 1. The van der Waals surface area contributed by atoms with E-state index in [0.29, 0.717) is 5.76 Å². The number of aliphatic hydroxyl groups is 1. The number of alkyl halides is 3. The van der Waals surface area contributed by atoms with Gasteiger partial charge < -0.3 is 24.6 Å². The lowest BCUT2D eigenvalue weighted by Crippen LogP contribution is -2.40. The van der Waals surface area contributed by atoms with Crippen LogP contribution in [0.1, 0.15) is 13.3 Å². The maximum atomic E-state index is 13.3. The molecule has 3 heterocycles. The minimum absolute atomic E-state index is 0.0145. The van der Waals surface area contributed by atoms with E-state index in [-0.39, 0.29) is 49.0 Å². The van der Waals surface area contributed by atoms with Crippen LogP contribution < -0.4 is 26.0 Å². The van der Waals surface area contributed by atoms with Crippen LogP contribution in [0, 0.1) is 0 Å². The highest BCUT2D eigenvalue weighted by Crippen LogP contribution is 2.30. The fraction of sp³-hybridized carbons (Fsp3) is 0.381. The summed E-state index contributed by atoms with van der Waals surface area (Å²) in [7, 11) is 1.43. The fourth-order valence-corrected chi connectivity index (χ4v) is 3.62. The third-order valence-electron chi connectivity index (χ3n) is 5.13. The van der Waals surface area contributed by atoms with Gasteiger partial charge in [-0.25, -0.2) is 4.79 Å². The number of rotatable bonds is 8. The zero-order valence-corrected chi connectivity index (χ0v) is 18.7. The van der Waals surface area contributed by atoms with Crippen molar-refractivity contribution in [2.45, 2.75) is 39.0 Å². The lowest BCUT2D eigenvalue weighted by atomic mass is 10.3. The molecule has 0 amide bonds. The lowest BCUT2D eigenvalue weighted by Gasteiger charge is -2.16. The van der Waals surface area contributed by atoms with Gasteiger partial charge in [0.05, 0.1) is 6.54 Å². The molecule has 4 rings (SSSR count).